The Morgan fingerprint density at radius 2 is 2.17 bits per heavy atom. The van der Waals surface area contributed by atoms with Crippen molar-refractivity contribution in [1.82, 2.24) is 10.2 Å². The monoisotopic (exact) mass is 327 g/mol. The van der Waals surface area contributed by atoms with Gasteiger partial charge < -0.3 is 5.32 Å². The highest BCUT2D eigenvalue weighted by Gasteiger charge is 2.15. The van der Waals surface area contributed by atoms with Gasteiger partial charge in [0.25, 0.3) is 5.91 Å². The van der Waals surface area contributed by atoms with Crippen LogP contribution in [0.25, 0.3) is 0 Å². The summed E-state index contributed by atoms with van der Waals surface area (Å²) in [5.74, 6) is 0.240. The number of carbonyl (C=O) groups excluding carboxylic acids is 1. The van der Waals surface area contributed by atoms with Gasteiger partial charge >= 0.3 is 0 Å². The highest BCUT2D eigenvalue weighted by Crippen LogP contribution is 2.26. The first-order chi connectivity index (χ1) is 8.50. The van der Waals surface area contributed by atoms with Gasteiger partial charge in [-0.1, -0.05) is 17.7 Å². The van der Waals surface area contributed by atoms with Crippen molar-refractivity contribution in [2.24, 2.45) is 0 Å². The summed E-state index contributed by atoms with van der Waals surface area (Å²) in [5, 5.41) is 9.95. The third-order valence-corrected chi connectivity index (χ3v) is 3.98. The van der Waals surface area contributed by atoms with Crippen LogP contribution in [0.3, 0.4) is 0 Å². The summed E-state index contributed by atoms with van der Waals surface area (Å²) >= 11 is 9.35. The van der Waals surface area contributed by atoms with Gasteiger partial charge in [0.15, 0.2) is 5.82 Å². The van der Waals surface area contributed by atoms with E-state index in [0.29, 0.717) is 20.9 Å². The Hall–Kier alpha value is -1.33. The maximum absolute atomic E-state index is 12.1. The minimum atomic E-state index is -0.282. The predicted octanol–water partition coefficient (Wildman–Crippen LogP) is 3.69. The molecule has 0 radical (unpaired) electrons. The highest BCUT2D eigenvalue weighted by atomic mass is 79.9. The van der Waals surface area contributed by atoms with Crippen molar-refractivity contribution in [3.05, 3.63) is 44.5 Å². The van der Waals surface area contributed by atoms with Crippen LogP contribution in [0, 0.1) is 13.8 Å². The molecule has 1 heterocycles. The van der Waals surface area contributed by atoms with Crippen LogP contribution < -0.4 is 5.32 Å². The molecule has 2 rings (SSSR count). The van der Waals surface area contributed by atoms with Crippen molar-refractivity contribution < 1.29 is 4.79 Å². The van der Waals surface area contributed by atoms with Crippen LogP contribution in [0.1, 0.15) is 21.6 Å². The molecule has 0 spiro atoms. The molecule has 94 valence electrons. The molecular weight excluding hydrogens is 318 g/mol. The summed E-state index contributed by atoms with van der Waals surface area (Å²) in [5.41, 5.74) is 2.24. The number of anilines is 1. The Morgan fingerprint density at radius 3 is 2.78 bits per heavy atom. The van der Waals surface area contributed by atoms with E-state index in [4.69, 9.17) is 11.6 Å². The van der Waals surface area contributed by atoms with Crippen LogP contribution in [-0.2, 0) is 0 Å². The second-order valence-electron chi connectivity index (χ2n) is 3.88. The zero-order chi connectivity index (χ0) is 13.3. The summed E-state index contributed by atoms with van der Waals surface area (Å²) in [4.78, 5) is 12.1. The molecule has 2 aromatic rings. The van der Waals surface area contributed by atoms with Crippen molar-refractivity contribution in [3.63, 3.8) is 0 Å². The first-order valence-electron chi connectivity index (χ1n) is 5.27. The van der Waals surface area contributed by atoms with E-state index in [1.165, 1.54) is 0 Å². The number of aromatic nitrogens is 2. The van der Waals surface area contributed by atoms with Crippen LogP contribution in [0.15, 0.2) is 22.7 Å². The van der Waals surface area contributed by atoms with Gasteiger partial charge in [0, 0.05) is 15.7 Å². The fourth-order valence-electron chi connectivity index (χ4n) is 1.46. The SMILES string of the molecule is Cc1[nH]nc(NC(=O)c2cccc(Br)c2Cl)c1C. The van der Waals surface area contributed by atoms with Crippen molar-refractivity contribution in [1.29, 1.82) is 0 Å². The number of nitrogens with zero attached hydrogens (tertiary/aromatic N) is 1. The number of aryl methyl sites for hydroxylation is 1. The van der Waals surface area contributed by atoms with E-state index >= 15 is 0 Å². The minimum Gasteiger partial charge on any atom is -0.305 e. The van der Waals surface area contributed by atoms with Gasteiger partial charge in [-0.15, -0.1) is 0 Å². The number of nitrogens with one attached hydrogen (secondary N) is 2. The van der Waals surface area contributed by atoms with E-state index in [-0.39, 0.29) is 5.91 Å². The summed E-state index contributed by atoms with van der Waals surface area (Å²) < 4.78 is 0.687. The van der Waals surface area contributed by atoms with Crippen molar-refractivity contribution in [3.8, 4) is 0 Å². The molecule has 0 saturated heterocycles. The van der Waals surface area contributed by atoms with Crippen LogP contribution in [0.2, 0.25) is 5.02 Å². The van der Waals surface area contributed by atoms with Crippen LogP contribution in [0.4, 0.5) is 5.82 Å². The second-order valence-corrected chi connectivity index (χ2v) is 5.11. The fourth-order valence-corrected chi connectivity index (χ4v) is 2.04. The molecule has 2 N–H and O–H groups in total. The Balaban J connectivity index is 2.28. The number of halogens is 2. The number of carbonyl (C=O) groups is 1. The molecule has 18 heavy (non-hydrogen) atoms. The molecule has 0 aliphatic carbocycles. The zero-order valence-electron chi connectivity index (χ0n) is 9.84. The highest BCUT2D eigenvalue weighted by molar-refractivity contribution is 9.10. The zero-order valence-corrected chi connectivity index (χ0v) is 12.2. The van der Waals surface area contributed by atoms with Crippen LogP contribution in [0.5, 0.6) is 0 Å². The third kappa shape index (κ3) is 2.42. The smallest absolute Gasteiger partial charge is 0.258 e. The minimum absolute atomic E-state index is 0.282. The molecule has 1 aromatic heterocycles. The Labute approximate surface area is 118 Å². The average Bonchev–Trinajstić information content (AvgIpc) is 2.64. The topological polar surface area (TPSA) is 57.8 Å². The number of benzene rings is 1. The summed E-state index contributed by atoms with van der Waals surface area (Å²) in [6.07, 6.45) is 0. The second kappa shape index (κ2) is 5.12. The lowest BCUT2D eigenvalue weighted by Crippen LogP contribution is -2.13. The van der Waals surface area contributed by atoms with Gasteiger partial charge in [0.2, 0.25) is 0 Å². The first kappa shape index (κ1) is 13.1. The molecular formula is C12H11BrClN3O. The Morgan fingerprint density at radius 1 is 1.44 bits per heavy atom. The van der Waals surface area contributed by atoms with Gasteiger partial charge in [-0.3, -0.25) is 9.89 Å². The number of amides is 1. The quantitative estimate of drug-likeness (QED) is 0.883. The van der Waals surface area contributed by atoms with Gasteiger partial charge in [0.05, 0.1) is 10.6 Å². The van der Waals surface area contributed by atoms with E-state index in [1.54, 1.807) is 18.2 Å². The molecule has 0 fully saturated rings. The van der Waals surface area contributed by atoms with Crippen molar-refractivity contribution in [2.45, 2.75) is 13.8 Å². The molecule has 0 aliphatic heterocycles. The predicted molar refractivity (Wildman–Crippen MR) is 75.2 cm³/mol. The van der Waals surface area contributed by atoms with E-state index in [9.17, 15) is 4.79 Å². The average molecular weight is 329 g/mol. The van der Waals surface area contributed by atoms with Crippen LogP contribution in [-0.4, -0.2) is 16.1 Å². The maximum atomic E-state index is 12.1. The molecule has 6 heteroatoms. The lowest BCUT2D eigenvalue weighted by Gasteiger charge is -2.06. The molecule has 0 bridgehead atoms. The molecule has 4 nitrogen and oxygen atoms in total. The Kier molecular flexibility index (Phi) is 3.73. The number of hydrogen-bond acceptors (Lipinski definition) is 2. The Bertz CT molecular complexity index is 609. The standard InChI is InChI=1S/C12H11BrClN3O/c1-6-7(2)16-17-11(6)15-12(18)8-4-3-5-9(13)10(8)14/h3-5H,1-2H3,(H2,15,16,17,18). The summed E-state index contributed by atoms with van der Waals surface area (Å²) in [6, 6.07) is 5.20. The van der Waals surface area contributed by atoms with Crippen molar-refractivity contribution >= 4 is 39.3 Å². The largest absolute Gasteiger partial charge is 0.305 e. The number of rotatable bonds is 2. The van der Waals surface area contributed by atoms with E-state index in [1.807, 2.05) is 13.8 Å². The lowest BCUT2D eigenvalue weighted by atomic mass is 10.2. The number of hydrogen-bond donors (Lipinski definition) is 2. The van der Waals surface area contributed by atoms with Gasteiger partial charge in [-0.05, 0) is 41.9 Å². The third-order valence-electron chi connectivity index (χ3n) is 2.68. The van der Waals surface area contributed by atoms with Gasteiger partial charge in [0.1, 0.15) is 0 Å². The fraction of sp³-hybridized carbons (Fsp3) is 0.167. The maximum Gasteiger partial charge on any atom is 0.258 e. The van der Waals surface area contributed by atoms with E-state index in [0.717, 1.165) is 11.3 Å². The van der Waals surface area contributed by atoms with E-state index in [2.05, 4.69) is 31.4 Å². The number of H-pyrrole nitrogens is 1. The number of aromatic amines is 1. The first-order valence-corrected chi connectivity index (χ1v) is 6.44. The van der Waals surface area contributed by atoms with E-state index < -0.39 is 0 Å². The molecule has 0 aliphatic rings. The van der Waals surface area contributed by atoms with Crippen molar-refractivity contribution in [2.75, 3.05) is 5.32 Å². The molecule has 0 atom stereocenters. The molecule has 0 unspecified atom stereocenters. The van der Waals surface area contributed by atoms with Crippen LogP contribution >= 0.6 is 27.5 Å². The van der Waals surface area contributed by atoms with Gasteiger partial charge in [-0.25, -0.2) is 0 Å². The molecule has 1 amide bonds. The summed E-state index contributed by atoms with van der Waals surface area (Å²) in [7, 11) is 0. The normalized spacial score (nSPS) is 10.4. The lowest BCUT2D eigenvalue weighted by molar-refractivity contribution is 0.102. The molecule has 0 saturated carbocycles. The molecule has 1 aromatic carbocycles. The van der Waals surface area contributed by atoms with Gasteiger partial charge in [-0.2, -0.15) is 5.10 Å². The summed E-state index contributed by atoms with van der Waals surface area (Å²) in [6.45, 7) is 3.78.